The predicted octanol–water partition coefficient (Wildman–Crippen LogP) is 2.76. The molecule has 3 rings (SSSR count). The van der Waals surface area contributed by atoms with Crippen LogP contribution in [0.2, 0.25) is 0 Å². The number of carboxylic acids is 1. The van der Waals surface area contributed by atoms with Crippen LogP contribution in [0.15, 0.2) is 24.3 Å². The van der Waals surface area contributed by atoms with Crippen LogP contribution >= 0.6 is 0 Å². The molecule has 1 atom stereocenters. The van der Waals surface area contributed by atoms with Gasteiger partial charge in [0, 0.05) is 11.3 Å². The molecule has 1 heterocycles. The predicted molar refractivity (Wildman–Crippen MR) is 98.7 cm³/mol. The van der Waals surface area contributed by atoms with E-state index in [0.29, 0.717) is 5.69 Å². The Morgan fingerprint density at radius 1 is 1.23 bits per heavy atom. The Bertz CT molecular complexity index is 822. The first-order valence-electron chi connectivity index (χ1n) is 9.16. The summed E-state index contributed by atoms with van der Waals surface area (Å²) in [6.07, 6.45) is 3.62. The fraction of sp³-hybridized carbons (Fsp3) is 0.450. The number of fused-ring (bicyclic) bond motifs is 1. The van der Waals surface area contributed by atoms with Gasteiger partial charge in [0.2, 0.25) is 0 Å². The number of nitrogens with one attached hydrogen (secondary N) is 1. The van der Waals surface area contributed by atoms with E-state index in [2.05, 4.69) is 29.5 Å². The second-order valence-electron chi connectivity index (χ2n) is 7.09. The van der Waals surface area contributed by atoms with Crippen molar-refractivity contribution < 1.29 is 14.7 Å². The summed E-state index contributed by atoms with van der Waals surface area (Å²) in [4.78, 5) is 24.1. The number of hydrogen-bond donors (Lipinski definition) is 2. The molecule has 1 aliphatic carbocycles. The first-order chi connectivity index (χ1) is 12.4. The van der Waals surface area contributed by atoms with Crippen molar-refractivity contribution in [2.45, 2.75) is 52.5 Å². The number of carbonyl (C=O) groups is 2. The van der Waals surface area contributed by atoms with Crippen molar-refractivity contribution in [3.8, 4) is 5.69 Å². The van der Waals surface area contributed by atoms with Crippen LogP contribution < -0.4 is 5.32 Å². The van der Waals surface area contributed by atoms with Crippen LogP contribution in [0.1, 0.15) is 54.5 Å². The number of carboxylic acid groups (broad SMARTS) is 1. The van der Waals surface area contributed by atoms with E-state index in [-0.39, 0.29) is 5.92 Å². The summed E-state index contributed by atoms with van der Waals surface area (Å²) in [5.41, 5.74) is 4.52. The summed E-state index contributed by atoms with van der Waals surface area (Å²) in [5, 5.41) is 16.5. The smallest absolute Gasteiger partial charge is 0.326 e. The number of aromatic nitrogens is 2. The Kier molecular flexibility index (Phi) is 5.11. The van der Waals surface area contributed by atoms with E-state index in [0.717, 1.165) is 42.6 Å². The van der Waals surface area contributed by atoms with Gasteiger partial charge in [-0.15, -0.1) is 0 Å². The number of aliphatic carboxylic acids is 1. The lowest BCUT2D eigenvalue weighted by Gasteiger charge is -2.17. The van der Waals surface area contributed by atoms with Crippen LogP contribution in [-0.2, 0) is 24.1 Å². The summed E-state index contributed by atoms with van der Waals surface area (Å²) in [6, 6.07) is 7.24. The van der Waals surface area contributed by atoms with Gasteiger partial charge in [-0.3, -0.25) is 4.79 Å². The summed E-state index contributed by atoms with van der Waals surface area (Å²) in [5.74, 6) is -1.64. The van der Waals surface area contributed by atoms with Crippen molar-refractivity contribution in [3.05, 3.63) is 46.8 Å². The van der Waals surface area contributed by atoms with Gasteiger partial charge in [-0.05, 0) is 49.3 Å². The molecule has 0 unspecified atom stereocenters. The number of carbonyl (C=O) groups excluding carboxylic acids is 1. The summed E-state index contributed by atoms with van der Waals surface area (Å²) in [7, 11) is 0. The maximum atomic E-state index is 12.7. The molecule has 1 aliphatic rings. The molecule has 1 aromatic carbocycles. The van der Waals surface area contributed by atoms with Crippen molar-refractivity contribution >= 4 is 11.9 Å². The molecule has 6 heteroatoms. The largest absolute Gasteiger partial charge is 0.480 e. The van der Waals surface area contributed by atoms with Crippen LogP contribution in [0.4, 0.5) is 0 Å². The highest BCUT2D eigenvalue weighted by Crippen LogP contribution is 2.28. The van der Waals surface area contributed by atoms with Crippen LogP contribution in [0.25, 0.3) is 5.69 Å². The minimum atomic E-state index is -1.03. The first kappa shape index (κ1) is 18.2. The third-order valence-corrected chi connectivity index (χ3v) is 4.95. The van der Waals surface area contributed by atoms with E-state index in [1.165, 1.54) is 5.56 Å². The molecule has 26 heavy (non-hydrogen) atoms. The van der Waals surface area contributed by atoms with Gasteiger partial charge in [0.25, 0.3) is 5.91 Å². The molecule has 0 saturated carbocycles. The van der Waals surface area contributed by atoms with Gasteiger partial charge >= 0.3 is 5.97 Å². The lowest BCUT2D eigenvalue weighted by molar-refractivity contribution is -0.140. The zero-order chi connectivity index (χ0) is 18.8. The number of hydrogen-bond acceptors (Lipinski definition) is 3. The summed E-state index contributed by atoms with van der Waals surface area (Å²) < 4.78 is 1.84. The molecule has 0 fully saturated rings. The number of aryl methyl sites for hydroxylation is 1. The SMILES string of the molecule is CCc1ccc(-n2nc(C(=O)N[C@@H](C(=O)O)C(C)C)c3c2CCC3)cc1. The standard InChI is InChI=1S/C20H25N3O3/c1-4-13-8-10-14(11-9-13)23-16-7-5-6-15(16)18(22-23)19(24)21-17(12(2)3)20(25)26/h8-12,17H,4-7H2,1-3H3,(H,21,24)(H,25,26)/t17-/m1/s1. The highest BCUT2D eigenvalue weighted by molar-refractivity contribution is 5.96. The highest BCUT2D eigenvalue weighted by atomic mass is 16.4. The molecule has 0 radical (unpaired) electrons. The van der Waals surface area contributed by atoms with Gasteiger partial charge in [0.15, 0.2) is 5.69 Å². The number of amides is 1. The van der Waals surface area contributed by atoms with E-state index in [1.807, 2.05) is 16.8 Å². The van der Waals surface area contributed by atoms with E-state index in [9.17, 15) is 14.7 Å². The Morgan fingerprint density at radius 2 is 1.92 bits per heavy atom. The van der Waals surface area contributed by atoms with Crippen LogP contribution in [0, 0.1) is 5.92 Å². The Hall–Kier alpha value is -2.63. The fourth-order valence-electron chi connectivity index (χ4n) is 3.43. The summed E-state index contributed by atoms with van der Waals surface area (Å²) in [6.45, 7) is 5.66. The van der Waals surface area contributed by atoms with Crippen molar-refractivity contribution in [1.29, 1.82) is 0 Å². The first-order valence-corrected chi connectivity index (χ1v) is 9.16. The van der Waals surface area contributed by atoms with Crippen LogP contribution in [0.3, 0.4) is 0 Å². The zero-order valence-electron chi connectivity index (χ0n) is 15.5. The van der Waals surface area contributed by atoms with E-state index in [1.54, 1.807) is 13.8 Å². The molecule has 6 nitrogen and oxygen atoms in total. The van der Waals surface area contributed by atoms with Gasteiger partial charge in [0.1, 0.15) is 6.04 Å². The lowest BCUT2D eigenvalue weighted by Crippen LogP contribution is -2.44. The van der Waals surface area contributed by atoms with E-state index < -0.39 is 17.9 Å². The molecular formula is C20H25N3O3. The highest BCUT2D eigenvalue weighted by Gasteiger charge is 2.30. The number of rotatable bonds is 6. The van der Waals surface area contributed by atoms with Gasteiger partial charge in [-0.25, -0.2) is 9.48 Å². The lowest BCUT2D eigenvalue weighted by atomic mass is 10.0. The second kappa shape index (κ2) is 7.32. The third-order valence-electron chi connectivity index (χ3n) is 4.95. The van der Waals surface area contributed by atoms with Gasteiger partial charge in [0.05, 0.1) is 5.69 Å². The van der Waals surface area contributed by atoms with E-state index >= 15 is 0 Å². The molecule has 0 spiro atoms. The van der Waals surface area contributed by atoms with E-state index in [4.69, 9.17) is 0 Å². The van der Waals surface area contributed by atoms with Crippen molar-refractivity contribution in [2.24, 2.45) is 5.92 Å². The summed E-state index contributed by atoms with van der Waals surface area (Å²) >= 11 is 0. The zero-order valence-corrected chi connectivity index (χ0v) is 15.5. The Morgan fingerprint density at radius 3 is 2.50 bits per heavy atom. The molecule has 1 amide bonds. The second-order valence-corrected chi connectivity index (χ2v) is 7.09. The molecule has 138 valence electrons. The number of benzene rings is 1. The third kappa shape index (κ3) is 3.36. The molecule has 0 saturated heterocycles. The van der Waals surface area contributed by atoms with Crippen molar-refractivity contribution in [2.75, 3.05) is 0 Å². The minimum Gasteiger partial charge on any atom is -0.480 e. The van der Waals surface area contributed by atoms with Gasteiger partial charge in [-0.1, -0.05) is 32.9 Å². The number of nitrogens with zero attached hydrogens (tertiary/aromatic N) is 2. The fourth-order valence-corrected chi connectivity index (χ4v) is 3.43. The van der Waals surface area contributed by atoms with Crippen LogP contribution in [0.5, 0.6) is 0 Å². The molecule has 0 aliphatic heterocycles. The molecule has 0 bridgehead atoms. The molecule has 1 aromatic heterocycles. The van der Waals surface area contributed by atoms with Crippen molar-refractivity contribution in [1.82, 2.24) is 15.1 Å². The van der Waals surface area contributed by atoms with Gasteiger partial charge in [-0.2, -0.15) is 5.10 Å². The molecule has 2 N–H and O–H groups in total. The molecule has 2 aromatic rings. The maximum absolute atomic E-state index is 12.7. The van der Waals surface area contributed by atoms with Crippen molar-refractivity contribution in [3.63, 3.8) is 0 Å². The molecular weight excluding hydrogens is 330 g/mol. The Balaban J connectivity index is 1.94. The van der Waals surface area contributed by atoms with Gasteiger partial charge < -0.3 is 10.4 Å². The average Bonchev–Trinajstić information content (AvgIpc) is 3.21. The normalized spacial score (nSPS) is 14.3. The monoisotopic (exact) mass is 355 g/mol. The Labute approximate surface area is 153 Å². The topological polar surface area (TPSA) is 84.2 Å². The van der Waals surface area contributed by atoms with Crippen LogP contribution in [-0.4, -0.2) is 32.8 Å². The quantitative estimate of drug-likeness (QED) is 0.834. The minimum absolute atomic E-state index is 0.201. The maximum Gasteiger partial charge on any atom is 0.326 e. The average molecular weight is 355 g/mol.